The maximum absolute atomic E-state index is 10.8. The molecule has 0 aliphatic heterocycles. The van der Waals surface area contributed by atoms with Crippen LogP contribution in [0.25, 0.3) is 0 Å². The number of rotatable bonds is 2. The summed E-state index contributed by atoms with van der Waals surface area (Å²) in [5, 5.41) is 16.8. The van der Waals surface area contributed by atoms with Crippen molar-refractivity contribution in [3.8, 4) is 5.88 Å². The molecule has 1 aromatic heterocycles. The number of nitrogen functional groups attached to an aromatic ring is 1. The zero-order chi connectivity index (χ0) is 12.1. The predicted octanol–water partition coefficient (Wildman–Crippen LogP) is 0.554. The standard InChI is InChI=1S/C8H8N4O4.ClH/c9-6(10)4-1-2-5(11-3-4)16-8(15)12-7(13)14;/h1-3H,(H3,9,10)(H,12,15)(H,13,14);1H. The molecule has 0 saturated carbocycles. The summed E-state index contributed by atoms with van der Waals surface area (Å²) in [6, 6.07) is 2.71. The number of pyridine rings is 1. The van der Waals surface area contributed by atoms with Crippen LogP contribution in [0.4, 0.5) is 9.59 Å². The van der Waals surface area contributed by atoms with Gasteiger partial charge in [0.15, 0.2) is 0 Å². The van der Waals surface area contributed by atoms with E-state index in [4.69, 9.17) is 16.2 Å². The molecule has 9 heteroatoms. The van der Waals surface area contributed by atoms with Crippen molar-refractivity contribution in [2.45, 2.75) is 0 Å². The van der Waals surface area contributed by atoms with Gasteiger partial charge in [-0.15, -0.1) is 12.4 Å². The second-order valence-electron chi connectivity index (χ2n) is 2.62. The number of carbonyl (C=O) groups excluding carboxylic acids is 1. The number of nitrogens with one attached hydrogen (secondary N) is 2. The zero-order valence-electron chi connectivity index (χ0n) is 8.34. The number of carboxylic acid groups (broad SMARTS) is 1. The minimum atomic E-state index is -1.52. The Morgan fingerprint density at radius 2 is 2.12 bits per heavy atom. The quantitative estimate of drug-likeness (QED) is 0.452. The van der Waals surface area contributed by atoms with Gasteiger partial charge in [-0.05, 0) is 6.07 Å². The van der Waals surface area contributed by atoms with Crippen LogP contribution in [0.5, 0.6) is 5.88 Å². The Hall–Kier alpha value is -2.35. The SMILES string of the molecule is Cl.N=C(N)c1ccc(OC(=O)NC(=O)O)nc1. The average Bonchev–Trinajstić information content (AvgIpc) is 2.16. The molecule has 0 fully saturated rings. The summed E-state index contributed by atoms with van der Waals surface area (Å²) in [4.78, 5) is 24.5. The number of aromatic nitrogens is 1. The Bertz CT molecular complexity index is 434. The molecular weight excluding hydrogens is 252 g/mol. The first-order valence-electron chi connectivity index (χ1n) is 4.01. The van der Waals surface area contributed by atoms with Gasteiger partial charge in [0.1, 0.15) is 5.84 Å². The van der Waals surface area contributed by atoms with E-state index in [1.807, 2.05) is 0 Å². The molecule has 0 saturated heterocycles. The largest absolute Gasteiger partial charge is 0.465 e. The molecular formula is C8H9ClN4O4. The van der Waals surface area contributed by atoms with Crippen molar-refractivity contribution >= 4 is 30.4 Å². The first-order valence-corrected chi connectivity index (χ1v) is 4.01. The molecule has 0 radical (unpaired) electrons. The number of amidine groups is 1. The topological polar surface area (TPSA) is 138 Å². The van der Waals surface area contributed by atoms with Gasteiger partial charge in [0.25, 0.3) is 0 Å². The van der Waals surface area contributed by atoms with Crippen molar-refractivity contribution in [3.05, 3.63) is 23.9 Å². The fourth-order valence-electron chi connectivity index (χ4n) is 0.808. The van der Waals surface area contributed by atoms with Gasteiger partial charge in [0, 0.05) is 17.8 Å². The third-order valence-electron chi connectivity index (χ3n) is 1.45. The highest BCUT2D eigenvalue weighted by Crippen LogP contribution is 2.06. The molecule has 17 heavy (non-hydrogen) atoms. The van der Waals surface area contributed by atoms with Crippen LogP contribution in [0.3, 0.4) is 0 Å². The maximum atomic E-state index is 10.8. The zero-order valence-corrected chi connectivity index (χ0v) is 9.15. The number of ether oxygens (including phenoxy) is 1. The fraction of sp³-hybridized carbons (Fsp3) is 0. The summed E-state index contributed by atoms with van der Waals surface area (Å²) in [7, 11) is 0. The van der Waals surface area contributed by atoms with Crippen molar-refractivity contribution in [1.82, 2.24) is 10.3 Å². The molecule has 0 atom stereocenters. The Kier molecular flexibility index (Phi) is 5.41. The lowest BCUT2D eigenvalue weighted by Gasteiger charge is -2.02. The molecule has 0 aliphatic carbocycles. The van der Waals surface area contributed by atoms with Crippen molar-refractivity contribution in [2.24, 2.45) is 5.73 Å². The van der Waals surface area contributed by atoms with Crippen LogP contribution in [-0.4, -0.2) is 28.1 Å². The van der Waals surface area contributed by atoms with Crippen LogP contribution in [0.15, 0.2) is 18.3 Å². The van der Waals surface area contributed by atoms with E-state index in [-0.39, 0.29) is 24.1 Å². The molecule has 1 rings (SSSR count). The van der Waals surface area contributed by atoms with Gasteiger partial charge in [-0.25, -0.2) is 19.9 Å². The van der Waals surface area contributed by atoms with Crippen LogP contribution < -0.4 is 15.8 Å². The van der Waals surface area contributed by atoms with Gasteiger partial charge in [-0.2, -0.15) is 0 Å². The number of imide groups is 1. The predicted molar refractivity (Wildman–Crippen MR) is 59.7 cm³/mol. The summed E-state index contributed by atoms with van der Waals surface area (Å²) in [6.07, 6.45) is -1.45. The van der Waals surface area contributed by atoms with Crippen molar-refractivity contribution in [1.29, 1.82) is 5.41 Å². The van der Waals surface area contributed by atoms with E-state index in [2.05, 4.69) is 9.72 Å². The number of nitrogens with zero attached hydrogens (tertiary/aromatic N) is 1. The number of hydrogen-bond donors (Lipinski definition) is 4. The minimum absolute atomic E-state index is 0. The summed E-state index contributed by atoms with van der Waals surface area (Å²) in [5.74, 6) is -0.266. The Morgan fingerprint density at radius 1 is 1.47 bits per heavy atom. The van der Waals surface area contributed by atoms with Crippen LogP contribution >= 0.6 is 12.4 Å². The number of hydrogen-bond acceptors (Lipinski definition) is 5. The summed E-state index contributed by atoms with van der Waals surface area (Å²) in [6.45, 7) is 0. The monoisotopic (exact) mass is 260 g/mol. The lowest BCUT2D eigenvalue weighted by molar-refractivity contribution is 0.177. The Labute approximate surface area is 102 Å². The summed E-state index contributed by atoms with van der Waals surface area (Å²) >= 11 is 0. The third-order valence-corrected chi connectivity index (χ3v) is 1.45. The minimum Gasteiger partial charge on any atom is -0.465 e. The Morgan fingerprint density at radius 3 is 2.53 bits per heavy atom. The number of halogens is 1. The van der Waals surface area contributed by atoms with Crippen LogP contribution in [0.1, 0.15) is 5.56 Å². The smallest absolute Gasteiger partial charge is 0.423 e. The summed E-state index contributed by atoms with van der Waals surface area (Å²) in [5.41, 5.74) is 5.54. The van der Waals surface area contributed by atoms with Crippen molar-refractivity contribution < 1.29 is 19.4 Å². The van der Waals surface area contributed by atoms with Crippen LogP contribution in [0.2, 0.25) is 0 Å². The number of amides is 2. The molecule has 1 heterocycles. The van der Waals surface area contributed by atoms with Crippen LogP contribution in [-0.2, 0) is 0 Å². The molecule has 0 spiro atoms. The van der Waals surface area contributed by atoms with Gasteiger partial charge < -0.3 is 15.6 Å². The van der Waals surface area contributed by atoms with E-state index in [9.17, 15) is 9.59 Å². The van der Waals surface area contributed by atoms with Crippen molar-refractivity contribution in [2.75, 3.05) is 0 Å². The third kappa shape index (κ3) is 4.80. The molecule has 92 valence electrons. The van der Waals surface area contributed by atoms with E-state index < -0.39 is 12.2 Å². The summed E-state index contributed by atoms with van der Waals surface area (Å²) < 4.78 is 4.51. The Balaban J connectivity index is 0.00000256. The van der Waals surface area contributed by atoms with Gasteiger partial charge in [0.2, 0.25) is 5.88 Å². The van der Waals surface area contributed by atoms with E-state index in [1.165, 1.54) is 23.6 Å². The van der Waals surface area contributed by atoms with Gasteiger partial charge >= 0.3 is 12.2 Å². The molecule has 0 unspecified atom stereocenters. The first kappa shape index (κ1) is 14.6. The fourth-order valence-corrected chi connectivity index (χ4v) is 0.808. The second-order valence-corrected chi connectivity index (χ2v) is 2.62. The molecule has 0 bridgehead atoms. The van der Waals surface area contributed by atoms with E-state index >= 15 is 0 Å². The van der Waals surface area contributed by atoms with E-state index in [0.717, 1.165) is 0 Å². The number of nitrogens with two attached hydrogens (primary N) is 1. The van der Waals surface area contributed by atoms with E-state index in [0.29, 0.717) is 5.56 Å². The maximum Gasteiger partial charge on any atom is 0.423 e. The van der Waals surface area contributed by atoms with Gasteiger partial charge in [-0.3, -0.25) is 5.41 Å². The lowest BCUT2D eigenvalue weighted by atomic mass is 10.3. The molecule has 0 aromatic carbocycles. The molecule has 2 amide bonds. The highest BCUT2D eigenvalue weighted by atomic mass is 35.5. The molecule has 5 N–H and O–H groups in total. The molecule has 0 aliphatic rings. The molecule has 8 nitrogen and oxygen atoms in total. The first-order chi connectivity index (χ1) is 7.49. The molecule has 1 aromatic rings. The van der Waals surface area contributed by atoms with E-state index in [1.54, 1.807) is 0 Å². The normalized spacial score (nSPS) is 8.71. The second kappa shape index (κ2) is 6.28. The van der Waals surface area contributed by atoms with Crippen LogP contribution in [0, 0.1) is 5.41 Å². The van der Waals surface area contributed by atoms with Gasteiger partial charge in [0.05, 0.1) is 0 Å². The average molecular weight is 261 g/mol. The van der Waals surface area contributed by atoms with Crippen molar-refractivity contribution in [3.63, 3.8) is 0 Å². The number of carbonyl (C=O) groups is 2. The van der Waals surface area contributed by atoms with Gasteiger partial charge in [-0.1, -0.05) is 0 Å². The lowest BCUT2D eigenvalue weighted by Crippen LogP contribution is -2.31. The highest BCUT2D eigenvalue weighted by Gasteiger charge is 2.08. The highest BCUT2D eigenvalue weighted by molar-refractivity contribution is 5.94.